The summed E-state index contributed by atoms with van der Waals surface area (Å²) in [6.45, 7) is 8.62. The van der Waals surface area contributed by atoms with Crippen LogP contribution < -0.4 is 0 Å². The number of hydrogen-bond acceptors (Lipinski definition) is 5. The Morgan fingerprint density at radius 3 is 1.25 bits per heavy atom. The number of aliphatic hydroxyl groups is 3. The number of unbranched alkanes of at least 4 members (excludes halogenated alkanes) is 15. The molecule has 0 saturated carbocycles. The molecule has 0 aromatic rings. The molecule has 0 saturated heterocycles. The van der Waals surface area contributed by atoms with E-state index in [1.165, 1.54) is 103 Å². The molecule has 0 aliphatic heterocycles. The van der Waals surface area contributed by atoms with E-state index in [4.69, 9.17) is 0 Å². The normalized spacial score (nSPS) is 12.8. The third-order valence-corrected chi connectivity index (χ3v) is 6.66. The van der Waals surface area contributed by atoms with Crippen LogP contribution in [0.2, 0.25) is 0 Å². The van der Waals surface area contributed by atoms with Crippen molar-refractivity contribution in [2.24, 2.45) is 0 Å². The maximum absolute atomic E-state index is 9.39. The molecule has 0 aromatic carbocycles. The van der Waals surface area contributed by atoms with Gasteiger partial charge in [0.25, 0.3) is 0 Å². The monoisotopic (exact) mass is 458 g/mol. The summed E-state index contributed by atoms with van der Waals surface area (Å²) < 4.78 is 0. The van der Waals surface area contributed by atoms with Gasteiger partial charge in [-0.1, -0.05) is 103 Å². The van der Waals surface area contributed by atoms with E-state index < -0.39 is 0 Å². The first kappa shape index (κ1) is 31.8. The molecule has 0 aliphatic carbocycles. The maximum Gasteiger partial charge on any atom is 0.0558 e. The van der Waals surface area contributed by atoms with Gasteiger partial charge in [0, 0.05) is 32.2 Å². The van der Waals surface area contributed by atoms with Gasteiger partial charge in [-0.2, -0.15) is 0 Å². The van der Waals surface area contributed by atoms with E-state index >= 15 is 0 Å². The summed E-state index contributed by atoms with van der Waals surface area (Å²) in [5.74, 6) is 0. The Balaban J connectivity index is 3.62. The van der Waals surface area contributed by atoms with Crippen LogP contribution in [0.1, 0.15) is 117 Å². The Morgan fingerprint density at radius 1 is 0.500 bits per heavy atom. The molecule has 0 aliphatic rings. The van der Waals surface area contributed by atoms with Gasteiger partial charge in [-0.15, -0.1) is 0 Å². The van der Waals surface area contributed by atoms with Crippen molar-refractivity contribution in [3.63, 3.8) is 0 Å². The fourth-order valence-corrected chi connectivity index (χ4v) is 4.62. The summed E-state index contributed by atoms with van der Waals surface area (Å²) in [5, 5.41) is 27.9. The van der Waals surface area contributed by atoms with Crippen molar-refractivity contribution in [3.05, 3.63) is 0 Å². The molecule has 0 bridgehead atoms. The van der Waals surface area contributed by atoms with Crippen molar-refractivity contribution in [1.82, 2.24) is 9.80 Å². The fraction of sp³-hybridized carbons (Fsp3) is 1.00. The van der Waals surface area contributed by atoms with Crippen LogP contribution in [0.25, 0.3) is 0 Å². The predicted octanol–water partition coefficient (Wildman–Crippen LogP) is 5.22. The molecule has 0 fully saturated rings. The first-order chi connectivity index (χ1) is 15.7. The molecule has 0 aromatic heterocycles. The van der Waals surface area contributed by atoms with E-state index in [-0.39, 0.29) is 25.9 Å². The molecule has 3 N–H and O–H groups in total. The van der Waals surface area contributed by atoms with Gasteiger partial charge in [0.15, 0.2) is 0 Å². The molecular weight excluding hydrogens is 400 g/mol. The quantitative estimate of drug-likeness (QED) is 0.155. The smallest absolute Gasteiger partial charge is 0.0558 e. The van der Waals surface area contributed by atoms with Crippen molar-refractivity contribution in [1.29, 1.82) is 0 Å². The van der Waals surface area contributed by atoms with Gasteiger partial charge in [0.2, 0.25) is 0 Å². The highest BCUT2D eigenvalue weighted by Crippen LogP contribution is 2.14. The number of hydrogen-bond donors (Lipinski definition) is 3. The molecule has 5 nitrogen and oxygen atoms in total. The Hall–Kier alpha value is -0.200. The SMILES string of the molecule is CCCCCCCCCCCCCCCCCCN(CCO)CC(C)N(CCO)CCO. The van der Waals surface area contributed by atoms with Gasteiger partial charge in [0.05, 0.1) is 19.8 Å². The first-order valence-electron chi connectivity index (χ1n) is 14.0. The summed E-state index contributed by atoms with van der Waals surface area (Å²) in [7, 11) is 0. The minimum Gasteiger partial charge on any atom is -0.395 e. The molecule has 0 heterocycles. The highest BCUT2D eigenvalue weighted by molar-refractivity contribution is 4.72. The van der Waals surface area contributed by atoms with Crippen molar-refractivity contribution >= 4 is 0 Å². The van der Waals surface area contributed by atoms with Crippen molar-refractivity contribution in [2.75, 3.05) is 52.5 Å². The maximum atomic E-state index is 9.39. The van der Waals surface area contributed by atoms with Crippen molar-refractivity contribution in [3.8, 4) is 0 Å². The number of rotatable bonds is 26. The van der Waals surface area contributed by atoms with E-state index in [1.807, 2.05) is 0 Å². The van der Waals surface area contributed by atoms with Crippen molar-refractivity contribution < 1.29 is 15.3 Å². The lowest BCUT2D eigenvalue weighted by Gasteiger charge is -2.32. The van der Waals surface area contributed by atoms with Gasteiger partial charge in [0.1, 0.15) is 0 Å². The standard InChI is InChI=1S/C27H58N2O3/c1-3-4-5-6-7-8-9-10-11-12-13-14-15-16-17-18-19-28(20-23-30)26-27(2)29(21-24-31)22-25-32/h27,30-32H,3-26H2,1-2H3. The molecule has 32 heavy (non-hydrogen) atoms. The Morgan fingerprint density at radius 2 is 0.875 bits per heavy atom. The van der Waals surface area contributed by atoms with Crippen LogP contribution in [0, 0.1) is 0 Å². The second kappa shape index (κ2) is 25.4. The minimum absolute atomic E-state index is 0.115. The zero-order chi connectivity index (χ0) is 23.7. The Labute approximate surface area is 200 Å². The average molecular weight is 459 g/mol. The van der Waals surface area contributed by atoms with Gasteiger partial charge < -0.3 is 15.3 Å². The van der Waals surface area contributed by atoms with Crippen LogP contribution in [0.15, 0.2) is 0 Å². The summed E-state index contributed by atoms with van der Waals surface area (Å²) in [6, 6.07) is 0.266. The van der Waals surface area contributed by atoms with Crippen LogP contribution in [-0.2, 0) is 0 Å². The molecular formula is C27H58N2O3. The lowest BCUT2D eigenvalue weighted by molar-refractivity contribution is 0.0946. The molecule has 5 heteroatoms. The third-order valence-electron chi connectivity index (χ3n) is 6.66. The van der Waals surface area contributed by atoms with Crippen molar-refractivity contribution in [2.45, 2.75) is 123 Å². The highest BCUT2D eigenvalue weighted by atomic mass is 16.3. The summed E-state index contributed by atoms with van der Waals surface area (Å²) >= 11 is 0. The van der Waals surface area contributed by atoms with Crippen LogP contribution in [0.3, 0.4) is 0 Å². The number of nitrogens with zero attached hydrogens (tertiary/aromatic N) is 2. The molecule has 0 amide bonds. The van der Waals surface area contributed by atoms with E-state index in [2.05, 4.69) is 23.6 Å². The lowest BCUT2D eigenvalue weighted by Crippen LogP contribution is -2.45. The summed E-state index contributed by atoms with van der Waals surface area (Å²) in [5.41, 5.74) is 0. The van der Waals surface area contributed by atoms with E-state index in [1.54, 1.807) is 0 Å². The van der Waals surface area contributed by atoms with Crippen LogP contribution in [-0.4, -0.2) is 83.7 Å². The summed E-state index contributed by atoms with van der Waals surface area (Å²) in [4.78, 5) is 4.45. The molecule has 1 atom stereocenters. The fourth-order valence-electron chi connectivity index (χ4n) is 4.62. The topological polar surface area (TPSA) is 67.2 Å². The summed E-state index contributed by atoms with van der Waals surface area (Å²) in [6.07, 6.45) is 22.1. The van der Waals surface area contributed by atoms with Crippen LogP contribution in [0.5, 0.6) is 0 Å². The molecule has 194 valence electrons. The zero-order valence-corrected chi connectivity index (χ0v) is 21.8. The van der Waals surface area contributed by atoms with E-state index in [9.17, 15) is 15.3 Å². The van der Waals surface area contributed by atoms with Gasteiger partial charge in [-0.25, -0.2) is 0 Å². The van der Waals surface area contributed by atoms with Gasteiger partial charge in [-0.05, 0) is 19.9 Å². The first-order valence-corrected chi connectivity index (χ1v) is 14.0. The zero-order valence-electron chi connectivity index (χ0n) is 21.8. The van der Waals surface area contributed by atoms with E-state index in [0.717, 1.165) is 13.1 Å². The second-order valence-electron chi connectivity index (χ2n) is 9.66. The Bertz CT molecular complexity index is 352. The molecule has 0 rings (SSSR count). The van der Waals surface area contributed by atoms with E-state index in [0.29, 0.717) is 19.6 Å². The predicted molar refractivity (Wildman–Crippen MR) is 138 cm³/mol. The molecule has 1 unspecified atom stereocenters. The third kappa shape index (κ3) is 20.4. The van der Waals surface area contributed by atoms with Crippen LogP contribution >= 0.6 is 0 Å². The minimum atomic E-state index is 0.115. The lowest BCUT2D eigenvalue weighted by atomic mass is 10.0. The number of aliphatic hydroxyl groups excluding tert-OH is 3. The highest BCUT2D eigenvalue weighted by Gasteiger charge is 2.16. The molecule has 0 spiro atoms. The largest absolute Gasteiger partial charge is 0.395 e. The average Bonchev–Trinajstić information content (AvgIpc) is 2.78. The van der Waals surface area contributed by atoms with Gasteiger partial charge in [-0.3, -0.25) is 9.80 Å². The second-order valence-corrected chi connectivity index (χ2v) is 9.66. The van der Waals surface area contributed by atoms with Gasteiger partial charge >= 0.3 is 0 Å². The van der Waals surface area contributed by atoms with Crippen LogP contribution in [0.4, 0.5) is 0 Å². The molecule has 0 radical (unpaired) electrons. The Kier molecular flexibility index (Phi) is 25.3.